The number of carboxylic acids is 1. The van der Waals surface area contributed by atoms with Crippen molar-refractivity contribution < 1.29 is 14.6 Å². The molecule has 0 spiro atoms. The zero-order valence-electron chi connectivity index (χ0n) is 8.16. The van der Waals surface area contributed by atoms with E-state index in [0.29, 0.717) is 11.6 Å². The minimum absolute atomic E-state index is 0.233. The maximum Gasteiger partial charge on any atom is 0.346 e. The number of hydrogen-bond acceptors (Lipinski definition) is 5. The van der Waals surface area contributed by atoms with Gasteiger partial charge in [-0.25, -0.2) is 14.8 Å². The van der Waals surface area contributed by atoms with Gasteiger partial charge in [0.1, 0.15) is 17.2 Å². The van der Waals surface area contributed by atoms with Crippen LogP contribution >= 0.6 is 11.3 Å². The van der Waals surface area contributed by atoms with Gasteiger partial charge in [-0.05, 0) is 6.07 Å². The highest BCUT2D eigenvalue weighted by Crippen LogP contribution is 2.21. The van der Waals surface area contributed by atoms with Crippen LogP contribution in [0.3, 0.4) is 0 Å². The molecule has 2 aromatic heterocycles. The molecule has 0 radical (unpaired) electrons. The Labute approximate surface area is 95.4 Å². The van der Waals surface area contributed by atoms with Gasteiger partial charge < -0.3 is 9.84 Å². The van der Waals surface area contributed by atoms with Crippen LogP contribution in [0, 0.1) is 0 Å². The van der Waals surface area contributed by atoms with Crippen molar-refractivity contribution in [3.63, 3.8) is 0 Å². The molecule has 2 rings (SSSR count). The van der Waals surface area contributed by atoms with E-state index in [9.17, 15) is 4.79 Å². The molecule has 2 heterocycles. The van der Waals surface area contributed by atoms with Crippen molar-refractivity contribution in [2.75, 3.05) is 0 Å². The summed E-state index contributed by atoms with van der Waals surface area (Å²) < 4.78 is 5.34. The molecule has 16 heavy (non-hydrogen) atoms. The highest BCUT2D eigenvalue weighted by molar-refractivity contribution is 7.12. The van der Waals surface area contributed by atoms with E-state index in [1.807, 2.05) is 0 Å². The zero-order chi connectivity index (χ0) is 11.4. The van der Waals surface area contributed by atoms with Gasteiger partial charge in [0, 0.05) is 23.8 Å². The predicted molar refractivity (Wildman–Crippen MR) is 57.6 cm³/mol. The minimum atomic E-state index is -0.948. The first-order chi connectivity index (χ1) is 7.75. The third-order valence-corrected chi connectivity index (χ3v) is 2.67. The molecule has 0 atom stereocenters. The SMILES string of the molecule is O=C(O)c1cc(OCc2ncccn2)cs1. The Morgan fingerprint density at radius 1 is 1.44 bits per heavy atom. The maximum absolute atomic E-state index is 10.6. The lowest BCUT2D eigenvalue weighted by molar-refractivity contribution is 0.0702. The van der Waals surface area contributed by atoms with Crippen molar-refractivity contribution in [3.8, 4) is 5.75 Å². The fourth-order valence-electron chi connectivity index (χ4n) is 1.06. The van der Waals surface area contributed by atoms with Crippen molar-refractivity contribution in [3.05, 3.63) is 40.6 Å². The zero-order valence-corrected chi connectivity index (χ0v) is 8.98. The first kappa shape index (κ1) is 10.6. The first-order valence-corrected chi connectivity index (χ1v) is 5.34. The van der Waals surface area contributed by atoms with Gasteiger partial charge in [-0.2, -0.15) is 0 Å². The molecule has 1 N–H and O–H groups in total. The van der Waals surface area contributed by atoms with E-state index in [2.05, 4.69) is 9.97 Å². The molecule has 0 amide bonds. The third kappa shape index (κ3) is 2.54. The lowest BCUT2D eigenvalue weighted by atomic mass is 10.4. The van der Waals surface area contributed by atoms with Crippen LogP contribution in [-0.2, 0) is 6.61 Å². The number of nitrogens with zero attached hydrogens (tertiary/aromatic N) is 2. The molecule has 0 unspecified atom stereocenters. The number of rotatable bonds is 4. The van der Waals surface area contributed by atoms with E-state index in [1.165, 1.54) is 6.07 Å². The number of carboxylic acid groups (broad SMARTS) is 1. The molecular weight excluding hydrogens is 228 g/mol. The van der Waals surface area contributed by atoms with Crippen LogP contribution in [0.5, 0.6) is 5.75 Å². The summed E-state index contributed by atoms with van der Waals surface area (Å²) in [6.45, 7) is 0.233. The van der Waals surface area contributed by atoms with E-state index < -0.39 is 5.97 Å². The quantitative estimate of drug-likeness (QED) is 0.876. The fourth-order valence-corrected chi connectivity index (χ4v) is 1.72. The van der Waals surface area contributed by atoms with Crippen LogP contribution in [0.4, 0.5) is 0 Å². The number of aromatic nitrogens is 2. The molecule has 0 aliphatic carbocycles. The van der Waals surface area contributed by atoms with E-state index >= 15 is 0 Å². The molecule has 0 bridgehead atoms. The second kappa shape index (κ2) is 4.71. The van der Waals surface area contributed by atoms with Crippen molar-refractivity contribution in [2.45, 2.75) is 6.61 Å². The molecule has 6 heteroatoms. The summed E-state index contributed by atoms with van der Waals surface area (Å²) in [7, 11) is 0. The topological polar surface area (TPSA) is 72.3 Å². The van der Waals surface area contributed by atoms with Crippen LogP contribution in [0.2, 0.25) is 0 Å². The molecule has 0 aromatic carbocycles. The molecule has 0 aliphatic rings. The minimum Gasteiger partial charge on any atom is -0.485 e. The van der Waals surface area contributed by atoms with Crippen LogP contribution in [0.25, 0.3) is 0 Å². The van der Waals surface area contributed by atoms with Crippen molar-refractivity contribution in [2.24, 2.45) is 0 Å². The van der Waals surface area contributed by atoms with E-state index in [1.54, 1.807) is 23.8 Å². The van der Waals surface area contributed by atoms with Gasteiger partial charge in [0.25, 0.3) is 0 Å². The molecule has 0 saturated carbocycles. The number of ether oxygens (including phenoxy) is 1. The number of carbonyl (C=O) groups is 1. The fraction of sp³-hybridized carbons (Fsp3) is 0.100. The molecule has 82 valence electrons. The summed E-state index contributed by atoms with van der Waals surface area (Å²) in [5, 5.41) is 10.4. The molecular formula is C10H8N2O3S. The highest BCUT2D eigenvalue weighted by Gasteiger charge is 2.07. The normalized spacial score (nSPS) is 10.0. The second-order valence-corrected chi connectivity index (χ2v) is 3.82. The summed E-state index contributed by atoms with van der Waals surface area (Å²) in [6, 6.07) is 3.20. The van der Waals surface area contributed by atoms with Gasteiger partial charge in [0.2, 0.25) is 0 Å². The predicted octanol–water partition coefficient (Wildman–Crippen LogP) is 1.82. The molecule has 0 aliphatic heterocycles. The summed E-state index contributed by atoms with van der Waals surface area (Å²) in [5.41, 5.74) is 0. The Hall–Kier alpha value is -1.95. The van der Waals surface area contributed by atoms with Gasteiger partial charge in [0.15, 0.2) is 5.82 Å². The molecule has 0 saturated heterocycles. The lowest BCUT2D eigenvalue weighted by Gasteiger charge is -2.00. The Morgan fingerprint density at radius 3 is 2.81 bits per heavy atom. The molecule has 0 fully saturated rings. The molecule has 5 nitrogen and oxygen atoms in total. The third-order valence-electron chi connectivity index (χ3n) is 1.77. The molecule has 2 aromatic rings. The smallest absolute Gasteiger partial charge is 0.346 e. The van der Waals surface area contributed by atoms with Gasteiger partial charge in [-0.1, -0.05) is 0 Å². The summed E-state index contributed by atoms with van der Waals surface area (Å²) >= 11 is 1.13. The average molecular weight is 236 g/mol. The monoisotopic (exact) mass is 236 g/mol. The van der Waals surface area contributed by atoms with Crippen molar-refractivity contribution in [1.82, 2.24) is 9.97 Å². The first-order valence-electron chi connectivity index (χ1n) is 4.46. The van der Waals surface area contributed by atoms with Gasteiger partial charge in [-0.3, -0.25) is 0 Å². The number of aromatic carboxylic acids is 1. The number of hydrogen-bond donors (Lipinski definition) is 1. The summed E-state index contributed by atoms with van der Waals surface area (Å²) in [4.78, 5) is 18.8. The van der Waals surface area contributed by atoms with E-state index in [-0.39, 0.29) is 11.5 Å². The Kier molecular flexibility index (Phi) is 3.11. The second-order valence-electron chi connectivity index (χ2n) is 2.91. The van der Waals surface area contributed by atoms with Crippen LogP contribution < -0.4 is 4.74 Å². The Morgan fingerprint density at radius 2 is 2.19 bits per heavy atom. The largest absolute Gasteiger partial charge is 0.485 e. The van der Waals surface area contributed by atoms with Crippen LogP contribution in [0.1, 0.15) is 15.5 Å². The van der Waals surface area contributed by atoms with Crippen LogP contribution in [0.15, 0.2) is 29.9 Å². The van der Waals surface area contributed by atoms with Gasteiger partial charge in [0.05, 0.1) is 0 Å². The van der Waals surface area contributed by atoms with E-state index in [0.717, 1.165) is 11.3 Å². The Balaban J connectivity index is 1.97. The van der Waals surface area contributed by atoms with Gasteiger partial charge in [-0.15, -0.1) is 11.3 Å². The number of thiophene rings is 1. The van der Waals surface area contributed by atoms with Crippen molar-refractivity contribution >= 4 is 17.3 Å². The summed E-state index contributed by atoms with van der Waals surface area (Å²) in [5.74, 6) is 0.135. The van der Waals surface area contributed by atoms with Crippen LogP contribution in [-0.4, -0.2) is 21.0 Å². The average Bonchev–Trinajstić information content (AvgIpc) is 2.76. The lowest BCUT2D eigenvalue weighted by Crippen LogP contribution is -1.99. The standard InChI is InChI=1S/C10H8N2O3S/c13-10(14)8-4-7(6-16-8)15-5-9-11-2-1-3-12-9/h1-4,6H,5H2,(H,13,14). The van der Waals surface area contributed by atoms with Gasteiger partial charge >= 0.3 is 5.97 Å². The van der Waals surface area contributed by atoms with E-state index in [4.69, 9.17) is 9.84 Å². The van der Waals surface area contributed by atoms with Crippen molar-refractivity contribution in [1.29, 1.82) is 0 Å². The Bertz CT molecular complexity index is 484. The highest BCUT2D eigenvalue weighted by atomic mass is 32.1. The maximum atomic E-state index is 10.6. The summed E-state index contributed by atoms with van der Waals surface area (Å²) in [6.07, 6.45) is 3.25.